The highest BCUT2D eigenvalue weighted by Crippen LogP contribution is 2.35. The number of nitrogens with zero attached hydrogens (tertiary/aromatic N) is 1. The lowest BCUT2D eigenvalue weighted by Gasteiger charge is -2.19. The maximum Gasteiger partial charge on any atom is 0.275 e. The lowest BCUT2D eigenvalue weighted by molar-refractivity contribution is -0.385. The van der Waals surface area contributed by atoms with Crippen molar-refractivity contribution in [1.82, 2.24) is 0 Å². The van der Waals surface area contributed by atoms with Crippen LogP contribution < -0.4 is 0 Å². The Bertz CT molecular complexity index is 691. The molecule has 2 aromatic rings. The van der Waals surface area contributed by atoms with Crippen LogP contribution >= 0.6 is 23.8 Å². The molecule has 6 heteroatoms. The van der Waals surface area contributed by atoms with Gasteiger partial charge in [0.15, 0.2) is 5.05 Å². The molecule has 0 N–H and O–H groups in total. The average molecular weight is 336 g/mol. The molecule has 1 unspecified atom stereocenters. The highest BCUT2D eigenvalue weighted by atomic mass is 35.5. The monoisotopic (exact) mass is 335 g/mol. The standard InChI is InChI=1S/C16H14ClNO3S/c1-2-21-16(22)15(11-6-4-3-5-7-11)13-9-8-12(17)10-14(13)18(19)20/h3-10,15H,2H2,1H3. The number of thiocarbonyl (C=S) groups is 1. The van der Waals surface area contributed by atoms with Crippen molar-refractivity contribution in [1.29, 1.82) is 0 Å². The van der Waals surface area contributed by atoms with Gasteiger partial charge in [-0.3, -0.25) is 10.1 Å². The lowest BCUT2D eigenvalue weighted by Crippen LogP contribution is -2.16. The van der Waals surface area contributed by atoms with E-state index >= 15 is 0 Å². The molecule has 2 rings (SSSR count). The fraction of sp³-hybridized carbons (Fsp3) is 0.188. The molecular formula is C16H14ClNO3S. The van der Waals surface area contributed by atoms with Gasteiger partial charge in [0.2, 0.25) is 0 Å². The number of nitro benzene ring substituents is 1. The first-order valence-electron chi connectivity index (χ1n) is 6.70. The molecule has 0 bridgehead atoms. The van der Waals surface area contributed by atoms with E-state index in [1.165, 1.54) is 6.07 Å². The molecule has 0 spiro atoms. The summed E-state index contributed by atoms with van der Waals surface area (Å²) in [5.41, 5.74) is 1.24. The average Bonchev–Trinajstić information content (AvgIpc) is 2.50. The van der Waals surface area contributed by atoms with Gasteiger partial charge in [0.25, 0.3) is 5.69 Å². The molecule has 0 aliphatic heterocycles. The van der Waals surface area contributed by atoms with Gasteiger partial charge in [-0.25, -0.2) is 0 Å². The summed E-state index contributed by atoms with van der Waals surface area (Å²) < 4.78 is 5.45. The van der Waals surface area contributed by atoms with Gasteiger partial charge < -0.3 is 4.74 Å². The van der Waals surface area contributed by atoms with Crippen molar-refractivity contribution < 1.29 is 9.66 Å². The summed E-state index contributed by atoms with van der Waals surface area (Å²) in [7, 11) is 0. The van der Waals surface area contributed by atoms with Gasteiger partial charge in [-0.2, -0.15) is 0 Å². The zero-order valence-electron chi connectivity index (χ0n) is 11.9. The Hall–Kier alpha value is -1.98. The van der Waals surface area contributed by atoms with Crippen LogP contribution in [0.25, 0.3) is 0 Å². The molecule has 0 saturated carbocycles. The van der Waals surface area contributed by atoms with Gasteiger partial charge in [0.05, 0.1) is 17.4 Å². The summed E-state index contributed by atoms with van der Waals surface area (Å²) in [5, 5.41) is 12.0. The van der Waals surface area contributed by atoms with Gasteiger partial charge in [-0.15, -0.1) is 0 Å². The third-order valence-corrected chi connectivity index (χ3v) is 3.74. The minimum absolute atomic E-state index is 0.0663. The minimum Gasteiger partial charge on any atom is -0.486 e. The second-order valence-corrected chi connectivity index (χ2v) is 5.39. The molecular weight excluding hydrogens is 322 g/mol. The van der Waals surface area contributed by atoms with Crippen molar-refractivity contribution in [2.24, 2.45) is 0 Å². The molecule has 0 amide bonds. The van der Waals surface area contributed by atoms with Crippen molar-refractivity contribution in [3.05, 3.63) is 74.8 Å². The molecule has 2 aromatic carbocycles. The molecule has 0 aliphatic rings. The highest BCUT2D eigenvalue weighted by molar-refractivity contribution is 7.80. The predicted molar refractivity (Wildman–Crippen MR) is 90.6 cm³/mol. The number of halogens is 1. The summed E-state index contributed by atoms with van der Waals surface area (Å²) in [6.07, 6.45) is 0. The first-order valence-corrected chi connectivity index (χ1v) is 7.48. The summed E-state index contributed by atoms with van der Waals surface area (Å²) in [6.45, 7) is 2.23. The normalized spacial score (nSPS) is 11.7. The van der Waals surface area contributed by atoms with Crippen molar-refractivity contribution in [3.63, 3.8) is 0 Å². The van der Waals surface area contributed by atoms with Crippen molar-refractivity contribution in [3.8, 4) is 0 Å². The highest BCUT2D eigenvalue weighted by Gasteiger charge is 2.28. The number of hydrogen-bond donors (Lipinski definition) is 0. The number of ether oxygens (including phenoxy) is 1. The van der Waals surface area contributed by atoms with Gasteiger partial charge in [-0.1, -0.05) is 41.9 Å². The Kier molecular flexibility index (Phi) is 5.46. The Morgan fingerprint density at radius 1 is 1.32 bits per heavy atom. The summed E-state index contributed by atoms with van der Waals surface area (Å²) in [5.74, 6) is -0.492. The second-order valence-electron chi connectivity index (χ2n) is 4.56. The van der Waals surface area contributed by atoms with E-state index in [-0.39, 0.29) is 5.69 Å². The quantitative estimate of drug-likeness (QED) is 0.449. The van der Waals surface area contributed by atoms with E-state index in [0.717, 1.165) is 5.56 Å². The third kappa shape index (κ3) is 3.61. The Morgan fingerprint density at radius 2 is 2.00 bits per heavy atom. The van der Waals surface area contributed by atoms with Crippen molar-refractivity contribution in [2.75, 3.05) is 6.61 Å². The lowest BCUT2D eigenvalue weighted by atomic mass is 9.90. The number of nitro groups is 1. The van der Waals surface area contributed by atoms with Crippen LogP contribution in [0.3, 0.4) is 0 Å². The van der Waals surface area contributed by atoms with Crippen LogP contribution in [0.15, 0.2) is 48.5 Å². The molecule has 0 aliphatic carbocycles. The fourth-order valence-corrected chi connectivity index (χ4v) is 2.78. The summed E-state index contributed by atoms with van der Waals surface area (Å²) in [6, 6.07) is 13.9. The molecule has 1 atom stereocenters. The fourth-order valence-electron chi connectivity index (χ4n) is 2.23. The first kappa shape index (κ1) is 16.4. The molecule has 0 fully saturated rings. The van der Waals surface area contributed by atoms with Crippen LogP contribution in [-0.2, 0) is 4.74 Å². The molecule has 114 valence electrons. The van der Waals surface area contributed by atoms with Crippen LogP contribution in [0, 0.1) is 10.1 Å². The van der Waals surface area contributed by atoms with E-state index in [1.54, 1.807) is 12.1 Å². The molecule has 22 heavy (non-hydrogen) atoms. The number of rotatable bonds is 5. The maximum atomic E-state index is 11.4. The van der Waals surface area contributed by atoms with Gasteiger partial charge in [0, 0.05) is 16.7 Å². The first-order chi connectivity index (χ1) is 10.5. The maximum absolute atomic E-state index is 11.4. The van der Waals surface area contributed by atoms with Crippen molar-refractivity contribution >= 4 is 34.6 Å². The van der Waals surface area contributed by atoms with E-state index < -0.39 is 10.8 Å². The SMILES string of the molecule is CCOC(=S)C(c1ccccc1)c1ccc(Cl)cc1[N+](=O)[O-]. The predicted octanol–water partition coefficient (Wildman–Crippen LogP) is 4.74. The molecule has 0 saturated heterocycles. The molecule has 0 aromatic heterocycles. The van der Waals surface area contributed by atoms with Gasteiger partial charge in [-0.05, 0) is 36.8 Å². The van der Waals surface area contributed by atoms with Crippen LogP contribution in [0.4, 0.5) is 5.69 Å². The van der Waals surface area contributed by atoms with Gasteiger partial charge >= 0.3 is 0 Å². The molecule has 4 nitrogen and oxygen atoms in total. The van der Waals surface area contributed by atoms with E-state index in [9.17, 15) is 10.1 Å². The Balaban J connectivity index is 2.60. The minimum atomic E-state index is -0.492. The Morgan fingerprint density at radius 3 is 2.59 bits per heavy atom. The van der Waals surface area contributed by atoms with Crippen LogP contribution in [0.2, 0.25) is 5.02 Å². The van der Waals surface area contributed by atoms with Crippen LogP contribution in [0.1, 0.15) is 24.0 Å². The summed E-state index contributed by atoms with van der Waals surface area (Å²) in [4.78, 5) is 10.9. The number of benzene rings is 2. The van der Waals surface area contributed by atoms with E-state index in [2.05, 4.69) is 0 Å². The smallest absolute Gasteiger partial charge is 0.275 e. The zero-order valence-corrected chi connectivity index (χ0v) is 13.4. The zero-order chi connectivity index (χ0) is 16.1. The topological polar surface area (TPSA) is 52.4 Å². The van der Waals surface area contributed by atoms with Gasteiger partial charge in [0.1, 0.15) is 0 Å². The van der Waals surface area contributed by atoms with E-state index in [0.29, 0.717) is 22.2 Å². The largest absolute Gasteiger partial charge is 0.486 e. The second kappa shape index (κ2) is 7.33. The molecule has 0 heterocycles. The number of hydrogen-bond acceptors (Lipinski definition) is 4. The van der Waals surface area contributed by atoms with Crippen LogP contribution in [-0.4, -0.2) is 16.6 Å². The third-order valence-electron chi connectivity index (χ3n) is 3.16. The Labute approximate surface area is 138 Å². The summed E-state index contributed by atoms with van der Waals surface area (Å²) >= 11 is 11.2. The van der Waals surface area contributed by atoms with E-state index in [4.69, 9.17) is 28.6 Å². The van der Waals surface area contributed by atoms with E-state index in [1.807, 2.05) is 37.3 Å². The van der Waals surface area contributed by atoms with Crippen molar-refractivity contribution in [2.45, 2.75) is 12.8 Å². The molecule has 0 radical (unpaired) electrons. The van der Waals surface area contributed by atoms with Crippen LogP contribution in [0.5, 0.6) is 0 Å².